The van der Waals surface area contributed by atoms with Gasteiger partial charge in [-0.3, -0.25) is 4.79 Å². The predicted octanol–water partition coefficient (Wildman–Crippen LogP) is 2.15. The first-order valence-electron chi connectivity index (χ1n) is 3.66. The zero-order valence-electron chi connectivity index (χ0n) is 6.23. The van der Waals surface area contributed by atoms with Crippen LogP contribution in [0.5, 0.6) is 0 Å². The van der Waals surface area contributed by atoms with Crippen molar-refractivity contribution in [1.29, 1.82) is 0 Å². The van der Waals surface area contributed by atoms with Gasteiger partial charge in [0.1, 0.15) is 11.6 Å². The van der Waals surface area contributed by atoms with Gasteiger partial charge in [-0.2, -0.15) is 0 Å². The van der Waals surface area contributed by atoms with E-state index in [1.807, 2.05) is 0 Å². The molecule has 0 bridgehead atoms. The molecule has 0 aromatic heterocycles. The maximum Gasteiger partial charge on any atom is 0.142 e. The van der Waals surface area contributed by atoms with E-state index >= 15 is 0 Å². The Hall–Kier alpha value is -0.890. The molecule has 0 aliphatic heterocycles. The molecule has 0 amide bonds. The Morgan fingerprint density at radius 1 is 1.33 bits per heavy atom. The van der Waals surface area contributed by atoms with Crippen LogP contribution in [0.2, 0.25) is 5.02 Å². The summed E-state index contributed by atoms with van der Waals surface area (Å²) in [4.78, 5) is 11.0. The molecule has 0 N–H and O–H groups in total. The van der Waals surface area contributed by atoms with Gasteiger partial charge >= 0.3 is 0 Å². The normalized spacial score (nSPS) is 15.0. The molecule has 0 atom stereocenters. The highest BCUT2D eigenvalue weighted by Crippen LogP contribution is 2.28. The zero-order chi connectivity index (χ0) is 8.72. The second-order valence-corrected chi connectivity index (χ2v) is 3.27. The third-order valence-corrected chi connectivity index (χ3v) is 2.46. The number of carbonyl (C=O) groups excluding carboxylic acids is 1. The summed E-state index contributed by atoms with van der Waals surface area (Å²) in [5.41, 5.74) is 1.54. The third-order valence-electron chi connectivity index (χ3n) is 2.05. The van der Waals surface area contributed by atoms with E-state index < -0.39 is 5.82 Å². The standard InChI is InChI=1S/C9H6ClFO/c10-9-7-4-6(12)3-5(7)1-2-8(9)11/h1-2H,3-4H2. The molecule has 1 aliphatic rings. The molecule has 0 saturated heterocycles. The number of carbonyl (C=O) groups is 1. The maximum atomic E-state index is 12.9. The highest BCUT2D eigenvalue weighted by molar-refractivity contribution is 6.32. The monoisotopic (exact) mass is 184 g/mol. The van der Waals surface area contributed by atoms with Crippen LogP contribution in [-0.4, -0.2) is 5.78 Å². The molecule has 0 unspecified atom stereocenters. The number of Topliss-reactive ketones (excluding diaryl/α,β-unsaturated/α-hetero) is 1. The quantitative estimate of drug-likeness (QED) is 0.604. The summed E-state index contributed by atoms with van der Waals surface area (Å²) in [7, 11) is 0. The van der Waals surface area contributed by atoms with Crippen molar-refractivity contribution in [1.82, 2.24) is 0 Å². The lowest BCUT2D eigenvalue weighted by molar-refractivity contribution is -0.117. The van der Waals surface area contributed by atoms with Crippen LogP contribution in [0.25, 0.3) is 0 Å². The van der Waals surface area contributed by atoms with Crippen molar-refractivity contribution in [3.8, 4) is 0 Å². The summed E-state index contributed by atoms with van der Waals surface area (Å²) in [5.74, 6) is -0.331. The van der Waals surface area contributed by atoms with Crippen molar-refractivity contribution < 1.29 is 9.18 Å². The Morgan fingerprint density at radius 3 is 2.83 bits per heavy atom. The fourth-order valence-corrected chi connectivity index (χ4v) is 1.71. The molecular weight excluding hydrogens is 179 g/mol. The van der Waals surface area contributed by atoms with Gasteiger partial charge in [-0.25, -0.2) is 4.39 Å². The van der Waals surface area contributed by atoms with Crippen LogP contribution < -0.4 is 0 Å². The van der Waals surface area contributed by atoms with Crippen LogP contribution in [0, 0.1) is 5.82 Å². The smallest absolute Gasteiger partial charge is 0.142 e. The lowest BCUT2D eigenvalue weighted by Crippen LogP contribution is -1.93. The van der Waals surface area contributed by atoms with Crippen LogP contribution in [0.3, 0.4) is 0 Å². The average molecular weight is 185 g/mol. The first kappa shape index (κ1) is 7.74. The molecule has 12 heavy (non-hydrogen) atoms. The zero-order valence-corrected chi connectivity index (χ0v) is 6.99. The second kappa shape index (κ2) is 2.56. The predicted molar refractivity (Wildman–Crippen MR) is 43.8 cm³/mol. The number of hydrogen-bond donors (Lipinski definition) is 0. The second-order valence-electron chi connectivity index (χ2n) is 2.89. The summed E-state index contributed by atoms with van der Waals surface area (Å²) in [6.45, 7) is 0. The Balaban J connectivity index is 2.61. The van der Waals surface area contributed by atoms with Gasteiger partial charge in [-0.15, -0.1) is 0 Å². The summed E-state index contributed by atoms with van der Waals surface area (Å²) < 4.78 is 12.9. The molecule has 2 rings (SSSR count). The van der Waals surface area contributed by atoms with Gasteiger partial charge in [-0.05, 0) is 17.2 Å². The van der Waals surface area contributed by atoms with E-state index in [4.69, 9.17) is 11.6 Å². The SMILES string of the molecule is O=C1Cc2ccc(F)c(Cl)c2C1. The summed E-state index contributed by atoms with van der Waals surface area (Å²) in [5, 5.41) is 0.110. The number of hydrogen-bond acceptors (Lipinski definition) is 1. The molecule has 0 spiro atoms. The third kappa shape index (κ3) is 1.03. The van der Waals surface area contributed by atoms with E-state index in [1.165, 1.54) is 6.07 Å². The van der Waals surface area contributed by atoms with Gasteiger partial charge in [0.2, 0.25) is 0 Å². The molecular formula is C9H6ClFO. The number of halogens is 2. The lowest BCUT2D eigenvalue weighted by atomic mass is 10.1. The highest BCUT2D eigenvalue weighted by Gasteiger charge is 2.22. The first-order chi connectivity index (χ1) is 5.68. The average Bonchev–Trinajstić information content (AvgIpc) is 2.39. The molecule has 3 heteroatoms. The van der Waals surface area contributed by atoms with E-state index in [-0.39, 0.29) is 17.2 Å². The van der Waals surface area contributed by atoms with Crippen LogP contribution in [0.4, 0.5) is 4.39 Å². The van der Waals surface area contributed by atoms with Crippen LogP contribution in [-0.2, 0) is 17.6 Å². The van der Waals surface area contributed by atoms with Crippen LogP contribution in [0.15, 0.2) is 12.1 Å². The van der Waals surface area contributed by atoms with Crippen molar-refractivity contribution >= 4 is 17.4 Å². The number of fused-ring (bicyclic) bond motifs is 1. The Bertz CT molecular complexity index is 360. The van der Waals surface area contributed by atoms with Crippen molar-refractivity contribution in [2.45, 2.75) is 12.8 Å². The molecule has 0 heterocycles. The summed E-state index contributed by atoms with van der Waals surface area (Å²) in [6, 6.07) is 2.93. The molecule has 62 valence electrons. The van der Waals surface area contributed by atoms with Gasteiger partial charge < -0.3 is 0 Å². The molecule has 1 nitrogen and oxygen atoms in total. The molecule has 0 fully saturated rings. The van der Waals surface area contributed by atoms with Crippen molar-refractivity contribution in [2.75, 3.05) is 0 Å². The highest BCUT2D eigenvalue weighted by atomic mass is 35.5. The molecule has 0 radical (unpaired) electrons. The number of benzene rings is 1. The first-order valence-corrected chi connectivity index (χ1v) is 4.03. The van der Waals surface area contributed by atoms with Crippen molar-refractivity contribution in [3.63, 3.8) is 0 Å². The van der Waals surface area contributed by atoms with Gasteiger partial charge in [-0.1, -0.05) is 17.7 Å². The summed E-state index contributed by atoms with van der Waals surface area (Å²) in [6.07, 6.45) is 0.682. The maximum absolute atomic E-state index is 12.9. The van der Waals surface area contributed by atoms with Crippen LogP contribution in [0.1, 0.15) is 11.1 Å². The minimum absolute atomic E-state index is 0.109. The van der Waals surface area contributed by atoms with E-state index in [0.29, 0.717) is 12.0 Å². The van der Waals surface area contributed by atoms with Crippen molar-refractivity contribution in [2.24, 2.45) is 0 Å². The Labute approximate surface area is 74.2 Å². The minimum Gasteiger partial charge on any atom is -0.299 e. The molecule has 0 saturated carbocycles. The molecule has 1 aromatic rings. The van der Waals surface area contributed by atoms with Gasteiger partial charge in [0, 0.05) is 12.8 Å². The van der Waals surface area contributed by atoms with Gasteiger partial charge in [0.25, 0.3) is 0 Å². The van der Waals surface area contributed by atoms with Gasteiger partial charge in [0.15, 0.2) is 0 Å². The van der Waals surface area contributed by atoms with E-state index in [9.17, 15) is 9.18 Å². The Morgan fingerprint density at radius 2 is 2.08 bits per heavy atom. The van der Waals surface area contributed by atoms with E-state index in [0.717, 1.165) is 5.56 Å². The van der Waals surface area contributed by atoms with E-state index in [2.05, 4.69) is 0 Å². The minimum atomic E-state index is -0.440. The van der Waals surface area contributed by atoms with Crippen molar-refractivity contribution in [3.05, 3.63) is 34.1 Å². The lowest BCUT2D eigenvalue weighted by Gasteiger charge is -2.00. The number of ketones is 1. The molecule has 1 aromatic carbocycles. The largest absolute Gasteiger partial charge is 0.299 e. The molecule has 1 aliphatic carbocycles. The fourth-order valence-electron chi connectivity index (χ4n) is 1.46. The summed E-state index contributed by atoms with van der Waals surface area (Å²) >= 11 is 5.68. The van der Waals surface area contributed by atoms with E-state index in [1.54, 1.807) is 6.07 Å². The fraction of sp³-hybridized carbons (Fsp3) is 0.222. The van der Waals surface area contributed by atoms with Crippen LogP contribution >= 0.6 is 11.6 Å². The topological polar surface area (TPSA) is 17.1 Å². The van der Waals surface area contributed by atoms with Gasteiger partial charge in [0.05, 0.1) is 5.02 Å². The number of rotatable bonds is 0. The Kier molecular flexibility index (Phi) is 1.65.